The molecule has 1 heterocycles. The molecule has 0 radical (unpaired) electrons. The molecule has 8 rings (SSSR count). The summed E-state index contributed by atoms with van der Waals surface area (Å²) in [7, 11) is -3.10. The highest BCUT2D eigenvalue weighted by molar-refractivity contribution is 7.20. The van der Waals surface area contributed by atoms with Crippen LogP contribution in [0.4, 0.5) is 0 Å². The van der Waals surface area contributed by atoms with Crippen LogP contribution < -0.4 is 20.7 Å². The third-order valence-corrected chi connectivity index (χ3v) is 14.2. The molecule has 0 aliphatic heterocycles. The number of benzene rings is 7. The van der Waals surface area contributed by atoms with Crippen molar-refractivity contribution in [3.8, 4) is 29.0 Å². The first-order chi connectivity index (χ1) is 23.7. The maximum absolute atomic E-state index is 10.8. The summed E-state index contributed by atoms with van der Waals surface area (Å²) in [5.74, 6) is 0. The minimum Gasteiger partial charge on any atom is -0.309 e. The van der Waals surface area contributed by atoms with Crippen molar-refractivity contribution in [1.29, 1.82) is 10.5 Å². The summed E-state index contributed by atoms with van der Waals surface area (Å²) in [6.45, 7) is 0. The maximum atomic E-state index is 10.8. The van der Waals surface area contributed by atoms with Crippen LogP contribution in [0.2, 0.25) is 0 Å². The third kappa shape index (κ3) is 4.55. The van der Waals surface area contributed by atoms with Gasteiger partial charge in [-0.25, -0.2) is 0 Å². The SMILES string of the molecule is N#Cc1cc(C#N)c(-c2cccc(-n3c4ccccc4c4ccccc43)c2)c([Si](c2ccccc2)(c2ccccc2)c2ccccc2)c1. The molecule has 0 N–H and O–H groups in total. The highest BCUT2D eigenvalue weighted by atomic mass is 28.3. The van der Waals surface area contributed by atoms with Gasteiger partial charge in [-0.05, 0) is 68.3 Å². The summed E-state index contributed by atoms with van der Waals surface area (Å²) < 4.78 is 2.31. The number of hydrogen-bond acceptors (Lipinski definition) is 2. The van der Waals surface area contributed by atoms with E-state index in [-0.39, 0.29) is 0 Å². The lowest BCUT2D eigenvalue weighted by molar-refractivity contribution is 1.18. The monoisotopic (exact) mass is 627 g/mol. The highest BCUT2D eigenvalue weighted by Crippen LogP contribution is 2.34. The fourth-order valence-electron chi connectivity index (χ4n) is 7.43. The van der Waals surface area contributed by atoms with Crippen molar-refractivity contribution in [1.82, 2.24) is 4.57 Å². The first-order valence-corrected chi connectivity index (χ1v) is 18.0. The van der Waals surface area contributed by atoms with Crippen molar-refractivity contribution in [3.05, 3.63) is 187 Å². The van der Waals surface area contributed by atoms with Crippen LogP contribution in [-0.4, -0.2) is 12.6 Å². The smallest absolute Gasteiger partial charge is 0.180 e. The Bertz CT molecular complexity index is 2370. The number of aromatic nitrogens is 1. The number of fused-ring (bicyclic) bond motifs is 3. The molecule has 0 aliphatic rings. The zero-order valence-electron chi connectivity index (χ0n) is 26.1. The quantitative estimate of drug-likeness (QED) is 0.141. The first-order valence-electron chi connectivity index (χ1n) is 16.0. The highest BCUT2D eigenvalue weighted by Gasteiger charge is 2.44. The summed E-state index contributed by atoms with van der Waals surface area (Å²) in [6, 6.07) is 66.1. The summed E-state index contributed by atoms with van der Waals surface area (Å²) >= 11 is 0. The van der Waals surface area contributed by atoms with E-state index in [1.807, 2.05) is 24.3 Å². The number of nitrogens with zero attached hydrogens (tertiary/aromatic N) is 3. The van der Waals surface area contributed by atoms with Crippen LogP contribution in [0.3, 0.4) is 0 Å². The van der Waals surface area contributed by atoms with Gasteiger partial charge in [0.25, 0.3) is 0 Å². The molecule has 0 bridgehead atoms. The second kappa shape index (κ2) is 12.0. The molecule has 4 heteroatoms. The predicted octanol–water partition coefficient (Wildman–Crippen LogP) is 7.57. The standard InChI is InChI=1S/C44H29N3Si/c45-30-32-27-34(31-46)44(33-15-14-16-35(29-33)47-41-25-12-10-23-39(41)40-24-11-13-26-42(40)47)43(28-32)48(36-17-4-1-5-18-36,37-19-6-2-7-20-37)38-21-8-3-9-22-38/h1-29H. The normalized spacial score (nSPS) is 11.3. The van der Waals surface area contributed by atoms with E-state index in [4.69, 9.17) is 0 Å². The van der Waals surface area contributed by atoms with Crippen LogP contribution in [0, 0.1) is 22.7 Å². The van der Waals surface area contributed by atoms with Crippen molar-refractivity contribution in [2.75, 3.05) is 0 Å². The molecule has 224 valence electrons. The lowest BCUT2D eigenvalue weighted by Gasteiger charge is -2.36. The summed E-state index contributed by atoms with van der Waals surface area (Å²) in [5, 5.41) is 28.1. The molecule has 3 nitrogen and oxygen atoms in total. The van der Waals surface area contributed by atoms with Crippen molar-refractivity contribution < 1.29 is 0 Å². The molecule has 8 aromatic rings. The molecule has 0 saturated carbocycles. The van der Waals surface area contributed by atoms with Crippen LogP contribution in [0.5, 0.6) is 0 Å². The molecule has 0 unspecified atom stereocenters. The van der Waals surface area contributed by atoms with E-state index < -0.39 is 8.07 Å². The minimum absolute atomic E-state index is 0.475. The first kappa shape index (κ1) is 29.0. The molecular formula is C44H29N3Si. The Hall–Kier alpha value is -6.46. The average Bonchev–Trinajstić information content (AvgIpc) is 3.50. The van der Waals surface area contributed by atoms with Crippen LogP contribution in [-0.2, 0) is 0 Å². The summed E-state index contributed by atoms with van der Waals surface area (Å²) in [6.07, 6.45) is 0. The van der Waals surface area contributed by atoms with Crippen LogP contribution in [0.25, 0.3) is 38.6 Å². The Morgan fingerprint density at radius 3 is 1.46 bits per heavy atom. The second-order valence-corrected chi connectivity index (χ2v) is 15.7. The van der Waals surface area contributed by atoms with E-state index in [1.54, 1.807) is 6.07 Å². The lowest BCUT2D eigenvalue weighted by atomic mass is 9.97. The van der Waals surface area contributed by atoms with E-state index in [9.17, 15) is 10.5 Å². The molecule has 48 heavy (non-hydrogen) atoms. The zero-order valence-corrected chi connectivity index (χ0v) is 27.1. The number of rotatable bonds is 6. The zero-order chi connectivity index (χ0) is 32.5. The van der Waals surface area contributed by atoms with Crippen LogP contribution in [0.1, 0.15) is 11.1 Å². The van der Waals surface area contributed by atoms with E-state index >= 15 is 0 Å². The van der Waals surface area contributed by atoms with E-state index in [0.717, 1.165) is 33.0 Å². The molecule has 0 spiro atoms. The van der Waals surface area contributed by atoms with Gasteiger partial charge in [0.1, 0.15) is 0 Å². The van der Waals surface area contributed by atoms with Crippen molar-refractivity contribution in [2.24, 2.45) is 0 Å². The van der Waals surface area contributed by atoms with Gasteiger partial charge in [0.15, 0.2) is 8.07 Å². The Morgan fingerprint density at radius 1 is 0.458 bits per heavy atom. The second-order valence-electron chi connectivity index (χ2n) is 11.9. The predicted molar refractivity (Wildman–Crippen MR) is 199 cm³/mol. The van der Waals surface area contributed by atoms with Crippen molar-refractivity contribution >= 4 is 50.6 Å². The Morgan fingerprint density at radius 2 is 0.958 bits per heavy atom. The fourth-order valence-corrected chi connectivity index (χ4v) is 12.5. The average molecular weight is 628 g/mol. The lowest BCUT2D eigenvalue weighted by Crippen LogP contribution is -2.75. The number of nitriles is 2. The van der Waals surface area contributed by atoms with Crippen molar-refractivity contribution in [3.63, 3.8) is 0 Å². The molecule has 0 saturated heterocycles. The van der Waals surface area contributed by atoms with Gasteiger partial charge in [-0.2, -0.15) is 10.5 Å². The number of hydrogen-bond donors (Lipinski definition) is 0. The van der Waals surface area contributed by atoms with E-state index in [1.165, 1.54) is 26.3 Å². The topological polar surface area (TPSA) is 52.5 Å². The van der Waals surface area contributed by atoms with Crippen molar-refractivity contribution in [2.45, 2.75) is 0 Å². The van der Waals surface area contributed by atoms with E-state index in [0.29, 0.717) is 11.1 Å². The van der Waals surface area contributed by atoms with Gasteiger partial charge in [-0.3, -0.25) is 0 Å². The molecule has 7 aromatic carbocycles. The molecule has 0 atom stereocenters. The van der Waals surface area contributed by atoms with Gasteiger partial charge in [0.2, 0.25) is 0 Å². The third-order valence-electron chi connectivity index (χ3n) is 9.39. The Labute approximate surface area is 280 Å². The molecule has 0 amide bonds. The van der Waals surface area contributed by atoms with Gasteiger partial charge in [0, 0.05) is 16.5 Å². The summed E-state index contributed by atoms with van der Waals surface area (Å²) in [4.78, 5) is 0. The van der Waals surface area contributed by atoms with Crippen LogP contribution >= 0.6 is 0 Å². The van der Waals surface area contributed by atoms with Gasteiger partial charge in [-0.15, -0.1) is 0 Å². The van der Waals surface area contributed by atoms with Gasteiger partial charge in [0.05, 0.1) is 34.3 Å². The molecule has 0 aliphatic carbocycles. The Balaban J connectivity index is 1.50. The number of para-hydroxylation sites is 2. The summed E-state index contributed by atoms with van der Waals surface area (Å²) in [5.41, 5.74) is 6.02. The van der Waals surface area contributed by atoms with Gasteiger partial charge >= 0.3 is 0 Å². The van der Waals surface area contributed by atoms with Gasteiger partial charge < -0.3 is 4.57 Å². The molecular weight excluding hydrogens is 599 g/mol. The molecule has 0 fully saturated rings. The largest absolute Gasteiger partial charge is 0.309 e. The minimum atomic E-state index is -3.10. The fraction of sp³-hybridized carbons (Fsp3) is 0. The van der Waals surface area contributed by atoms with Crippen LogP contribution in [0.15, 0.2) is 176 Å². The van der Waals surface area contributed by atoms with E-state index in [2.05, 4.69) is 162 Å². The Kier molecular flexibility index (Phi) is 7.27. The van der Waals surface area contributed by atoms with Gasteiger partial charge in [-0.1, -0.05) is 140 Å². The maximum Gasteiger partial charge on any atom is 0.180 e. The molecule has 1 aromatic heterocycles.